The van der Waals surface area contributed by atoms with Crippen LogP contribution in [0.4, 0.5) is 4.39 Å². The van der Waals surface area contributed by atoms with E-state index >= 15 is 0 Å². The van der Waals surface area contributed by atoms with E-state index < -0.39 is 0 Å². The molecule has 0 spiro atoms. The summed E-state index contributed by atoms with van der Waals surface area (Å²) in [6.07, 6.45) is 1.59. The van der Waals surface area contributed by atoms with Crippen LogP contribution in [0.3, 0.4) is 0 Å². The Morgan fingerprint density at radius 1 is 1.53 bits per heavy atom. The van der Waals surface area contributed by atoms with E-state index in [1.54, 1.807) is 17.1 Å². The Kier molecular flexibility index (Phi) is 3.54. The number of nitrogens with two attached hydrogens (primary N) is 1. The lowest BCUT2D eigenvalue weighted by molar-refractivity contribution is 0.614. The molecule has 6 heteroatoms. The molecule has 2 N–H and O–H groups in total. The summed E-state index contributed by atoms with van der Waals surface area (Å²) in [6, 6.07) is 4.35. The third-order valence-corrected chi connectivity index (χ3v) is 3.08. The predicted octanol–water partition coefficient (Wildman–Crippen LogP) is 2.25. The molecule has 0 aliphatic carbocycles. The van der Waals surface area contributed by atoms with Crippen LogP contribution in [-0.4, -0.2) is 14.8 Å². The standard InChI is InChI=1S/C11H12BrFN4/c1-7(14)11-15-6-17(16-11)5-8-4-9(13)2-3-10(8)12/h2-4,6-7H,5,14H2,1H3. The fraction of sp³-hybridized carbons (Fsp3) is 0.273. The van der Waals surface area contributed by atoms with Gasteiger partial charge in [0, 0.05) is 4.47 Å². The molecule has 0 aliphatic rings. The molecule has 0 saturated carbocycles. The molecule has 2 rings (SSSR count). The van der Waals surface area contributed by atoms with Crippen LogP contribution in [0.1, 0.15) is 24.4 Å². The van der Waals surface area contributed by atoms with Gasteiger partial charge in [0.25, 0.3) is 0 Å². The van der Waals surface area contributed by atoms with E-state index in [1.165, 1.54) is 12.1 Å². The molecule has 0 radical (unpaired) electrons. The van der Waals surface area contributed by atoms with Crippen LogP contribution in [-0.2, 0) is 6.54 Å². The Morgan fingerprint density at radius 2 is 2.29 bits per heavy atom. The van der Waals surface area contributed by atoms with Gasteiger partial charge in [-0.25, -0.2) is 14.1 Å². The molecule has 1 unspecified atom stereocenters. The highest BCUT2D eigenvalue weighted by atomic mass is 79.9. The summed E-state index contributed by atoms with van der Waals surface area (Å²) >= 11 is 3.37. The fourth-order valence-corrected chi connectivity index (χ4v) is 1.80. The normalized spacial score (nSPS) is 12.7. The molecule has 1 atom stereocenters. The average molecular weight is 299 g/mol. The first-order chi connectivity index (χ1) is 8.06. The van der Waals surface area contributed by atoms with Gasteiger partial charge in [-0.2, -0.15) is 5.10 Å². The quantitative estimate of drug-likeness (QED) is 0.945. The Labute approximate surface area is 107 Å². The van der Waals surface area contributed by atoms with E-state index in [9.17, 15) is 4.39 Å². The first-order valence-corrected chi connectivity index (χ1v) is 5.94. The van der Waals surface area contributed by atoms with Crippen LogP contribution in [0.5, 0.6) is 0 Å². The van der Waals surface area contributed by atoms with Crippen molar-refractivity contribution in [1.29, 1.82) is 0 Å². The second kappa shape index (κ2) is 4.93. The highest BCUT2D eigenvalue weighted by Gasteiger charge is 2.07. The lowest BCUT2D eigenvalue weighted by Gasteiger charge is -2.04. The number of hydrogen-bond acceptors (Lipinski definition) is 3. The number of benzene rings is 1. The summed E-state index contributed by atoms with van der Waals surface area (Å²) in [5.41, 5.74) is 6.48. The molecule has 4 nitrogen and oxygen atoms in total. The summed E-state index contributed by atoms with van der Waals surface area (Å²) < 4.78 is 15.6. The molecule has 0 bridgehead atoms. The minimum atomic E-state index is -0.268. The maximum Gasteiger partial charge on any atom is 0.166 e. The van der Waals surface area contributed by atoms with Gasteiger partial charge >= 0.3 is 0 Å². The van der Waals surface area contributed by atoms with E-state index in [0.717, 1.165) is 10.0 Å². The van der Waals surface area contributed by atoms with Crippen molar-refractivity contribution >= 4 is 15.9 Å². The van der Waals surface area contributed by atoms with E-state index in [0.29, 0.717) is 12.4 Å². The summed E-state index contributed by atoms with van der Waals surface area (Å²) in [4.78, 5) is 4.08. The number of nitrogens with zero attached hydrogens (tertiary/aromatic N) is 3. The number of aromatic nitrogens is 3. The molecule has 1 aromatic heterocycles. The Bertz CT molecular complexity index is 524. The van der Waals surface area contributed by atoms with Gasteiger partial charge in [-0.15, -0.1) is 0 Å². The van der Waals surface area contributed by atoms with E-state index in [4.69, 9.17) is 5.73 Å². The predicted molar refractivity (Wildman–Crippen MR) is 65.8 cm³/mol. The van der Waals surface area contributed by atoms with Crippen molar-refractivity contribution in [1.82, 2.24) is 14.8 Å². The topological polar surface area (TPSA) is 56.7 Å². The molecule has 1 aromatic carbocycles. The third kappa shape index (κ3) is 2.89. The van der Waals surface area contributed by atoms with Gasteiger partial charge < -0.3 is 5.73 Å². The van der Waals surface area contributed by atoms with Crippen molar-refractivity contribution in [2.75, 3.05) is 0 Å². The van der Waals surface area contributed by atoms with Gasteiger partial charge in [-0.1, -0.05) is 15.9 Å². The zero-order valence-electron chi connectivity index (χ0n) is 9.27. The molecule has 0 saturated heterocycles. The van der Waals surface area contributed by atoms with Gasteiger partial charge in [-0.3, -0.25) is 0 Å². The first kappa shape index (κ1) is 12.2. The lowest BCUT2D eigenvalue weighted by atomic mass is 10.2. The van der Waals surface area contributed by atoms with Gasteiger partial charge in [-0.05, 0) is 30.7 Å². The van der Waals surface area contributed by atoms with Crippen molar-refractivity contribution in [2.24, 2.45) is 5.73 Å². The highest BCUT2D eigenvalue weighted by molar-refractivity contribution is 9.10. The molecular weight excluding hydrogens is 287 g/mol. The second-order valence-electron chi connectivity index (χ2n) is 3.82. The monoisotopic (exact) mass is 298 g/mol. The third-order valence-electron chi connectivity index (χ3n) is 2.30. The Balaban J connectivity index is 2.22. The van der Waals surface area contributed by atoms with Crippen molar-refractivity contribution in [3.63, 3.8) is 0 Å². The summed E-state index contributed by atoms with van der Waals surface area (Å²) in [7, 11) is 0. The minimum absolute atomic E-state index is 0.202. The van der Waals surface area contributed by atoms with Crippen LogP contribution >= 0.6 is 15.9 Å². The first-order valence-electron chi connectivity index (χ1n) is 5.15. The van der Waals surface area contributed by atoms with E-state index in [-0.39, 0.29) is 11.9 Å². The molecule has 1 heterocycles. The molecule has 2 aromatic rings. The molecule has 0 fully saturated rings. The van der Waals surface area contributed by atoms with E-state index in [2.05, 4.69) is 26.0 Å². The zero-order valence-corrected chi connectivity index (χ0v) is 10.9. The van der Waals surface area contributed by atoms with Crippen LogP contribution in [0, 0.1) is 5.82 Å². The van der Waals surface area contributed by atoms with Crippen LogP contribution in [0.15, 0.2) is 29.0 Å². The summed E-state index contributed by atoms with van der Waals surface area (Å²) in [5.74, 6) is 0.313. The minimum Gasteiger partial charge on any atom is -0.321 e. The largest absolute Gasteiger partial charge is 0.321 e. The maximum absolute atomic E-state index is 13.1. The van der Waals surface area contributed by atoms with Crippen molar-refractivity contribution in [2.45, 2.75) is 19.5 Å². The highest BCUT2D eigenvalue weighted by Crippen LogP contribution is 2.18. The van der Waals surface area contributed by atoms with Crippen LogP contribution < -0.4 is 5.73 Å². The Hall–Kier alpha value is -1.27. The summed E-state index contributed by atoms with van der Waals surface area (Å²) in [5, 5.41) is 4.21. The average Bonchev–Trinajstić information content (AvgIpc) is 2.72. The van der Waals surface area contributed by atoms with Gasteiger partial charge in [0.2, 0.25) is 0 Å². The molecule has 17 heavy (non-hydrogen) atoms. The molecular formula is C11H12BrFN4. The molecule has 0 aliphatic heterocycles. The van der Waals surface area contributed by atoms with Crippen molar-refractivity contribution in [3.05, 3.63) is 46.2 Å². The smallest absolute Gasteiger partial charge is 0.166 e. The number of hydrogen-bond donors (Lipinski definition) is 1. The molecule has 0 amide bonds. The van der Waals surface area contributed by atoms with Crippen molar-refractivity contribution in [3.8, 4) is 0 Å². The van der Waals surface area contributed by atoms with Crippen LogP contribution in [0.2, 0.25) is 0 Å². The lowest BCUT2D eigenvalue weighted by Crippen LogP contribution is -2.09. The van der Waals surface area contributed by atoms with Crippen molar-refractivity contribution < 1.29 is 4.39 Å². The van der Waals surface area contributed by atoms with Gasteiger partial charge in [0.1, 0.15) is 12.1 Å². The maximum atomic E-state index is 13.1. The second-order valence-corrected chi connectivity index (χ2v) is 4.68. The zero-order chi connectivity index (χ0) is 12.4. The SMILES string of the molecule is CC(N)c1ncn(Cc2cc(F)ccc2Br)n1. The molecule has 90 valence electrons. The number of rotatable bonds is 3. The van der Waals surface area contributed by atoms with Gasteiger partial charge in [0.15, 0.2) is 5.82 Å². The summed E-state index contributed by atoms with van der Waals surface area (Å²) in [6.45, 7) is 2.27. The van der Waals surface area contributed by atoms with Gasteiger partial charge in [0.05, 0.1) is 12.6 Å². The number of halogens is 2. The Morgan fingerprint density at radius 3 is 2.94 bits per heavy atom. The van der Waals surface area contributed by atoms with Crippen LogP contribution in [0.25, 0.3) is 0 Å². The fourth-order valence-electron chi connectivity index (χ4n) is 1.43. The van der Waals surface area contributed by atoms with E-state index in [1.807, 2.05) is 6.92 Å².